The van der Waals surface area contributed by atoms with Crippen LogP contribution in [0.1, 0.15) is 25.7 Å². The van der Waals surface area contributed by atoms with Crippen molar-refractivity contribution in [1.82, 2.24) is 4.90 Å². The first kappa shape index (κ1) is 18.0. The van der Waals surface area contributed by atoms with E-state index in [1.165, 1.54) is 24.3 Å². The van der Waals surface area contributed by atoms with Crippen LogP contribution < -0.4 is 4.31 Å². The Labute approximate surface area is 158 Å². The van der Waals surface area contributed by atoms with Crippen LogP contribution in [-0.4, -0.2) is 38.9 Å². The molecule has 2 aliphatic rings. The topological polar surface area (TPSA) is 57.7 Å². The van der Waals surface area contributed by atoms with Crippen molar-refractivity contribution < 1.29 is 17.6 Å². The molecular formula is C20H21FN2O3S. The third-order valence-electron chi connectivity index (χ3n) is 5.21. The number of likely N-dealkylation sites (tertiary alicyclic amines) is 1. The summed E-state index contributed by atoms with van der Waals surface area (Å²) < 4.78 is 41.4. The Morgan fingerprint density at radius 2 is 1.67 bits per heavy atom. The zero-order chi connectivity index (χ0) is 19.0. The van der Waals surface area contributed by atoms with Crippen molar-refractivity contribution in [2.24, 2.45) is 0 Å². The second-order valence-electron chi connectivity index (χ2n) is 6.96. The van der Waals surface area contributed by atoms with E-state index in [0.717, 1.165) is 30.0 Å². The van der Waals surface area contributed by atoms with Crippen molar-refractivity contribution in [3.8, 4) is 11.1 Å². The first-order chi connectivity index (χ1) is 13.0. The number of halogens is 1. The highest BCUT2D eigenvalue weighted by atomic mass is 32.2. The molecule has 0 atom stereocenters. The molecule has 7 heteroatoms. The van der Waals surface area contributed by atoms with Gasteiger partial charge in [-0.1, -0.05) is 31.0 Å². The lowest BCUT2D eigenvalue weighted by Crippen LogP contribution is -2.44. The molecule has 2 aromatic rings. The summed E-state index contributed by atoms with van der Waals surface area (Å²) in [4.78, 5) is 14.7. The maximum absolute atomic E-state index is 13.9. The molecule has 0 unspecified atom stereocenters. The molecule has 142 valence electrons. The van der Waals surface area contributed by atoms with Crippen molar-refractivity contribution in [1.29, 1.82) is 0 Å². The SMILES string of the molecule is O=C(CN1c2ccc(F)cc2-c2ccccc2S1(=O)=O)N1CCCCCC1. The zero-order valence-electron chi connectivity index (χ0n) is 14.9. The number of amides is 1. The number of nitrogens with zero attached hydrogens (tertiary/aromatic N) is 2. The fourth-order valence-corrected chi connectivity index (χ4v) is 5.46. The van der Waals surface area contributed by atoms with Gasteiger partial charge >= 0.3 is 0 Å². The van der Waals surface area contributed by atoms with Crippen LogP contribution in [0.2, 0.25) is 0 Å². The summed E-state index contributed by atoms with van der Waals surface area (Å²) in [5.74, 6) is -0.656. The number of carbonyl (C=O) groups is 1. The molecule has 4 rings (SSSR count). The Bertz CT molecular complexity index is 982. The van der Waals surface area contributed by atoms with Gasteiger partial charge in [-0.05, 0) is 37.1 Å². The Hall–Kier alpha value is -2.41. The van der Waals surface area contributed by atoms with Gasteiger partial charge in [0.05, 0.1) is 10.6 Å². The average Bonchev–Trinajstić information content (AvgIpc) is 2.95. The highest BCUT2D eigenvalue weighted by Gasteiger charge is 2.36. The highest BCUT2D eigenvalue weighted by Crippen LogP contribution is 2.43. The van der Waals surface area contributed by atoms with Gasteiger partial charge in [-0.15, -0.1) is 0 Å². The van der Waals surface area contributed by atoms with Crippen LogP contribution in [0.5, 0.6) is 0 Å². The lowest BCUT2D eigenvalue weighted by Gasteiger charge is -2.33. The molecule has 1 amide bonds. The second-order valence-corrected chi connectivity index (χ2v) is 8.80. The minimum Gasteiger partial charge on any atom is -0.341 e. The number of benzene rings is 2. The van der Waals surface area contributed by atoms with Crippen molar-refractivity contribution in [3.63, 3.8) is 0 Å². The molecule has 0 bridgehead atoms. The molecule has 0 N–H and O–H groups in total. The second kappa shape index (κ2) is 6.96. The van der Waals surface area contributed by atoms with Crippen LogP contribution in [0.3, 0.4) is 0 Å². The molecule has 0 saturated carbocycles. The Morgan fingerprint density at radius 1 is 0.963 bits per heavy atom. The van der Waals surface area contributed by atoms with Crippen LogP contribution in [-0.2, 0) is 14.8 Å². The number of fused-ring (bicyclic) bond motifs is 3. The number of sulfonamides is 1. The third kappa shape index (κ3) is 3.20. The highest BCUT2D eigenvalue weighted by molar-refractivity contribution is 7.93. The molecule has 2 aromatic carbocycles. The summed E-state index contributed by atoms with van der Waals surface area (Å²) in [6, 6.07) is 10.5. The van der Waals surface area contributed by atoms with E-state index in [4.69, 9.17) is 0 Å². The molecule has 2 heterocycles. The van der Waals surface area contributed by atoms with Gasteiger partial charge < -0.3 is 4.90 Å². The van der Waals surface area contributed by atoms with Crippen LogP contribution in [0.4, 0.5) is 10.1 Å². The number of rotatable bonds is 2. The molecule has 1 saturated heterocycles. The minimum absolute atomic E-state index is 0.103. The van der Waals surface area contributed by atoms with E-state index >= 15 is 0 Å². The number of hydrogen-bond donors (Lipinski definition) is 0. The molecular weight excluding hydrogens is 367 g/mol. The minimum atomic E-state index is -3.89. The summed E-state index contributed by atoms with van der Waals surface area (Å²) in [6.07, 6.45) is 4.04. The Morgan fingerprint density at radius 3 is 2.41 bits per heavy atom. The summed E-state index contributed by atoms with van der Waals surface area (Å²) in [6.45, 7) is 1.04. The number of carbonyl (C=O) groups excluding carboxylic acids is 1. The molecule has 27 heavy (non-hydrogen) atoms. The van der Waals surface area contributed by atoms with Crippen LogP contribution in [0.25, 0.3) is 11.1 Å². The van der Waals surface area contributed by atoms with Gasteiger partial charge in [0.15, 0.2) is 0 Å². The number of hydrogen-bond acceptors (Lipinski definition) is 3. The molecule has 0 aromatic heterocycles. The molecule has 0 spiro atoms. The zero-order valence-corrected chi connectivity index (χ0v) is 15.7. The molecule has 5 nitrogen and oxygen atoms in total. The van der Waals surface area contributed by atoms with E-state index in [-0.39, 0.29) is 17.3 Å². The predicted molar refractivity (Wildman–Crippen MR) is 101 cm³/mol. The largest absolute Gasteiger partial charge is 0.341 e. The Kier molecular flexibility index (Phi) is 4.63. The average molecular weight is 388 g/mol. The maximum Gasteiger partial charge on any atom is 0.265 e. The van der Waals surface area contributed by atoms with E-state index < -0.39 is 15.8 Å². The molecule has 1 fully saturated rings. The van der Waals surface area contributed by atoms with Crippen molar-refractivity contribution >= 4 is 21.6 Å². The molecule has 0 aliphatic carbocycles. The first-order valence-electron chi connectivity index (χ1n) is 9.18. The van der Waals surface area contributed by atoms with Gasteiger partial charge in [0.25, 0.3) is 10.0 Å². The Balaban J connectivity index is 1.75. The van der Waals surface area contributed by atoms with E-state index in [1.54, 1.807) is 23.1 Å². The number of anilines is 1. The monoisotopic (exact) mass is 388 g/mol. The lowest BCUT2D eigenvalue weighted by molar-refractivity contribution is -0.129. The van der Waals surface area contributed by atoms with Crippen LogP contribution in [0, 0.1) is 5.82 Å². The van der Waals surface area contributed by atoms with Gasteiger partial charge in [-0.2, -0.15) is 0 Å². The van der Waals surface area contributed by atoms with Crippen molar-refractivity contribution in [2.45, 2.75) is 30.6 Å². The summed E-state index contributed by atoms with van der Waals surface area (Å²) in [7, 11) is -3.89. The summed E-state index contributed by atoms with van der Waals surface area (Å²) in [5.41, 5.74) is 1.30. The maximum atomic E-state index is 13.9. The van der Waals surface area contributed by atoms with Crippen molar-refractivity contribution in [3.05, 3.63) is 48.3 Å². The van der Waals surface area contributed by atoms with Gasteiger partial charge in [-0.3, -0.25) is 9.10 Å². The van der Waals surface area contributed by atoms with E-state index in [1.807, 2.05) is 0 Å². The quantitative estimate of drug-likeness (QED) is 0.792. The van der Waals surface area contributed by atoms with Crippen LogP contribution in [0.15, 0.2) is 47.4 Å². The predicted octanol–water partition coefficient (Wildman–Crippen LogP) is 3.40. The normalized spacial score (nSPS) is 18.4. The molecule has 2 aliphatic heterocycles. The third-order valence-corrected chi connectivity index (χ3v) is 7.03. The van der Waals surface area contributed by atoms with Gasteiger partial charge in [0.1, 0.15) is 12.4 Å². The van der Waals surface area contributed by atoms with Gasteiger partial charge in [0.2, 0.25) is 5.91 Å². The standard InChI is InChI=1S/C20H21FN2O3S/c21-15-9-10-18-17(13-15)16-7-3-4-8-19(16)27(25,26)23(18)14-20(24)22-11-5-1-2-6-12-22/h3-4,7-10,13H,1-2,5-6,11-12,14H2. The smallest absolute Gasteiger partial charge is 0.265 e. The van der Waals surface area contributed by atoms with Gasteiger partial charge in [0, 0.05) is 24.2 Å². The van der Waals surface area contributed by atoms with E-state index in [2.05, 4.69) is 0 Å². The van der Waals surface area contributed by atoms with Crippen molar-refractivity contribution in [2.75, 3.05) is 23.9 Å². The summed E-state index contributed by atoms with van der Waals surface area (Å²) in [5, 5.41) is 0. The van der Waals surface area contributed by atoms with E-state index in [9.17, 15) is 17.6 Å². The fourth-order valence-electron chi connectivity index (χ4n) is 3.82. The first-order valence-corrected chi connectivity index (χ1v) is 10.6. The van der Waals surface area contributed by atoms with E-state index in [0.29, 0.717) is 29.9 Å². The fraction of sp³-hybridized carbons (Fsp3) is 0.350. The molecule has 0 radical (unpaired) electrons. The lowest BCUT2D eigenvalue weighted by atomic mass is 10.0. The van der Waals surface area contributed by atoms with Crippen LogP contribution >= 0.6 is 0 Å². The summed E-state index contributed by atoms with van der Waals surface area (Å²) >= 11 is 0. The van der Waals surface area contributed by atoms with Gasteiger partial charge in [-0.25, -0.2) is 12.8 Å².